The van der Waals surface area contributed by atoms with Gasteiger partial charge in [-0.3, -0.25) is 9.59 Å². The van der Waals surface area contributed by atoms with Crippen molar-refractivity contribution in [1.82, 2.24) is 4.90 Å². The summed E-state index contributed by atoms with van der Waals surface area (Å²) in [4.78, 5) is 27.0. The molecule has 1 aliphatic rings. The molecule has 3 N–H and O–H groups in total. The van der Waals surface area contributed by atoms with Crippen LogP contribution in [0.15, 0.2) is 34.9 Å². The van der Waals surface area contributed by atoms with Gasteiger partial charge >= 0.3 is 0 Å². The minimum atomic E-state index is -0.264. The lowest BCUT2D eigenvalue weighted by Gasteiger charge is -2.33. The highest BCUT2D eigenvalue weighted by molar-refractivity contribution is 6.05. The molecule has 3 rings (SSSR count). The number of rotatable bonds is 4. The van der Waals surface area contributed by atoms with E-state index in [-0.39, 0.29) is 24.4 Å². The van der Waals surface area contributed by atoms with Gasteiger partial charge in [0.05, 0.1) is 12.1 Å². The van der Waals surface area contributed by atoms with E-state index >= 15 is 0 Å². The maximum absolute atomic E-state index is 12.8. The molecule has 0 aliphatic carbocycles. The number of piperidine rings is 1. The van der Waals surface area contributed by atoms with Crippen LogP contribution >= 0.6 is 0 Å². The van der Waals surface area contributed by atoms with Crippen LogP contribution in [0.4, 0.5) is 5.69 Å². The molecule has 1 aromatic heterocycles. The number of benzene rings is 1. The molecule has 2 heterocycles. The zero-order valence-electron chi connectivity index (χ0n) is 15.2. The quantitative estimate of drug-likeness (QED) is 0.880. The molecule has 0 spiro atoms. The molecule has 138 valence electrons. The first-order valence-corrected chi connectivity index (χ1v) is 9.00. The third-order valence-electron chi connectivity index (χ3n) is 4.90. The number of likely N-dealkylation sites (tertiary alicyclic amines) is 1. The average Bonchev–Trinajstić information content (AvgIpc) is 3.12. The number of nitrogens with zero attached hydrogens (tertiary/aromatic N) is 1. The van der Waals surface area contributed by atoms with Crippen molar-refractivity contribution in [2.24, 2.45) is 5.73 Å². The van der Waals surface area contributed by atoms with Crippen LogP contribution in [0.25, 0.3) is 0 Å². The Morgan fingerprint density at radius 1 is 1.27 bits per heavy atom. The SMILES string of the molecule is Cc1cc(C(=O)N2CCCCC2C)ccc1NC(=O)c1coc(CN)c1. The summed E-state index contributed by atoms with van der Waals surface area (Å²) in [5, 5.41) is 2.85. The van der Waals surface area contributed by atoms with Crippen molar-refractivity contribution in [2.45, 2.75) is 45.7 Å². The number of furan rings is 1. The van der Waals surface area contributed by atoms with E-state index in [1.165, 1.54) is 12.7 Å². The Bertz CT molecular complexity index is 812. The van der Waals surface area contributed by atoms with Crippen LogP contribution in [0.3, 0.4) is 0 Å². The molecule has 0 bridgehead atoms. The molecule has 26 heavy (non-hydrogen) atoms. The number of carbonyl (C=O) groups is 2. The Morgan fingerprint density at radius 3 is 2.73 bits per heavy atom. The molecule has 0 saturated carbocycles. The van der Waals surface area contributed by atoms with E-state index in [0.717, 1.165) is 24.9 Å². The number of carbonyl (C=O) groups excluding carboxylic acids is 2. The lowest BCUT2D eigenvalue weighted by atomic mass is 10.0. The van der Waals surface area contributed by atoms with Gasteiger partial charge in [-0.1, -0.05) is 0 Å². The topological polar surface area (TPSA) is 88.6 Å². The standard InChI is InChI=1S/C20H25N3O3/c1-13-9-15(20(25)23-8-4-3-5-14(23)2)6-7-18(13)22-19(24)16-10-17(11-21)26-12-16/h6-7,9-10,12,14H,3-5,8,11,21H2,1-2H3,(H,22,24). The summed E-state index contributed by atoms with van der Waals surface area (Å²) < 4.78 is 5.19. The molecular weight excluding hydrogens is 330 g/mol. The molecule has 1 aliphatic heterocycles. The molecule has 0 radical (unpaired) electrons. The number of amides is 2. The van der Waals surface area contributed by atoms with Gasteiger partial charge in [0.15, 0.2) is 0 Å². The van der Waals surface area contributed by atoms with Gasteiger partial charge in [-0.25, -0.2) is 0 Å². The van der Waals surface area contributed by atoms with Crippen molar-refractivity contribution < 1.29 is 14.0 Å². The monoisotopic (exact) mass is 355 g/mol. The van der Waals surface area contributed by atoms with E-state index in [0.29, 0.717) is 22.6 Å². The number of aryl methyl sites for hydroxylation is 1. The predicted molar refractivity (Wildman–Crippen MR) is 100 cm³/mol. The lowest BCUT2D eigenvalue weighted by Crippen LogP contribution is -2.42. The summed E-state index contributed by atoms with van der Waals surface area (Å²) in [6.45, 7) is 5.03. The van der Waals surface area contributed by atoms with E-state index in [4.69, 9.17) is 10.2 Å². The van der Waals surface area contributed by atoms with Gasteiger partial charge in [-0.15, -0.1) is 0 Å². The Labute approximate surface area is 153 Å². The van der Waals surface area contributed by atoms with E-state index in [1.54, 1.807) is 18.2 Å². The summed E-state index contributed by atoms with van der Waals surface area (Å²) in [6.07, 6.45) is 4.67. The molecule has 1 saturated heterocycles. The lowest BCUT2D eigenvalue weighted by molar-refractivity contribution is 0.0635. The van der Waals surface area contributed by atoms with Crippen molar-refractivity contribution in [3.8, 4) is 0 Å². The zero-order valence-corrected chi connectivity index (χ0v) is 15.2. The van der Waals surface area contributed by atoms with Gasteiger partial charge in [-0.2, -0.15) is 0 Å². The van der Waals surface area contributed by atoms with Gasteiger partial charge < -0.3 is 20.4 Å². The molecule has 6 nitrogen and oxygen atoms in total. The van der Waals surface area contributed by atoms with Crippen LogP contribution in [0.1, 0.15) is 58.2 Å². The second kappa shape index (κ2) is 7.74. The predicted octanol–water partition coefficient (Wildman–Crippen LogP) is 3.31. The van der Waals surface area contributed by atoms with E-state index in [2.05, 4.69) is 12.2 Å². The molecule has 1 aromatic carbocycles. The average molecular weight is 355 g/mol. The normalized spacial score (nSPS) is 17.2. The molecule has 1 fully saturated rings. The first-order chi connectivity index (χ1) is 12.5. The second-order valence-corrected chi connectivity index (χ2v) is 6.83. The number of hydrogen-bond acceptors (Lipinski definition) is 4. The Balaban J connectivity index is 1.72. The minimum absolute atomic E-state index is 0.0561. The fourth-order valence-electron chi connectivity index (χ4n) is 3.30. The van der Waals surface area contributed by atoms with Gasteiger partial charge in [0.1, 0.15) is 12.0 Å². The largest absolute Gasteiger partial charge is 0.467 e. The molecular formula is C20H25N3O3. The molecule has 2 amide bonds. The summed E-state index contributed by atoms with van der Waals surface area (Å²) >= 11 is 0. The molecule has 1 atom stereocenters. The number of anilines is 1. The van der Waals surface area contributed by atoms with E-state index in [1.807, 2.05) is 17.9 Å². The fourth-order valence-corrected chi connectivity index (χ4v) is 3.30. The highest BCUT2D eigenvalue weighted by atomic mass is 16.3. The van der Waals surface area contributed by atoms with Gasteiger partial charge in [0, 0.05) is 23.8 Å². The third kappa shape index (κ3) is 3.80. The first kappa shape index (κ1) is 18.2. The van der Waals surface area contributed by atoms with Crippen LogP contribution in [0.5, 0.6) is 0 Å². The van der Waals surface area contributed by atoms with Gasteiger partial charge in [0.2, 0.25) is 0 Å². The number of nitrogens with two attached hydrogens (primary N) is 1. The Hall–Kier alpha value is -2.60. The van der Waals surface area contributed by atoms with Crippen molar-refractivity contribution >= 4 is 17.5 Å². The summed E-state index contributed by atoms with van der Waals surface area (Å²) in [5.41, 5.74) is 8.09. The number of hydrogen-bond donors (Lipinski definition) is 2. The Morgan fingerprint density at radius 2 is 2.08 bits per heavy atom. The van der Waals surface area contributed by atoms with E-state index < -0.39 is 0 Å². The third-order valence-corrected chi connectivity index (χ3v) is 4.90. The van der Waals surface area contributed by atoms with Crippen molar-refractivity contribution in [1.29, 1.82) is 0 Å². The fraction of sp³-hybridized carbons (Fsp3) is 0.400. The first-order valence-electron chi connectivity index (χ1n) is 9.00. The highest BCUT2D eigenvalue weighted by Crippen LogP contribution is 2.23. The summed E-state index contributed by atoms with van der Waals surface area (Å²) in [5.74, 6) is 0.351. The van der Waals surface area contributed by atoms with Crippen LogP contribution in [0.2, 0.25) is 0 Å². The second-order valence-electron chi connectivity index (χ2n) is 6.83. The number of nitrogens with one attached hydrogen (secondary N) is 1. The van der Waals surface area contributed by atoms with Crippen LogP contribution in [0, 0.1) is 6.92 Å². The smallest absolute Gasteiger partial charge is 0.258 e. The van der Waals surface area contributed by atoms with Gasteiger partial charge in [-0.05, 0) is 62.9 Å². The van der Waals surface area contributed by atoms with Crippen molar-refractivity contribution in [3.05, 3.63) is 53.0 Å². The highest BCUT2D eigenvalue weighted by Gasteiger charge is 2.24. The molecule has 1 unspecified atom stereocenters. The summed E-state index contributed by atoms with van der Waals surface area (Å²) in [6, 6.07) is 7.28. The maximum atomic E-state index is 12.8. The van der Waals surface area contributed by atoms with Crippen LogP contribution in [-0.2, 0) is 6.54 Å². The van der Waals surface area contributed by atoms with Gasteiger partial charge in [0.25, 0.3) is 11.8 Å². The summed E-state index contributed by atoms with van der Waals surface area (Å²) in [7, 11) is 0. The van der Waals surface area contributed by atoms with Crippen molar-refractivity contribution in [2.75, 3.05) is 11.9 Å². The van der Waals surface area contributed by atoms with Crippen LogP contribution < -0.4 is 11.1 Å². The minimum Gasteiger partial charge on any atom is -0.467 e. The van der Waals surface area contributed by atoms with E-state index in [9.17, 15) is 9.59 Å². The van der Waals surface area contributed by atoms with Crippen LogP contribution in [-0.4, -0.2) is 29.3 Å². The maximum Gasteiger partial charge on any atom is 0.258 e. The Kier molecular flexibility index (Phi) is 5.42. The van der Waals surface area contributed by atoms with Crippen molar-refractivity contribution in [3.63, 3.8) is 0 Å². The molecule has 2 aromatic rings. The molecule has 6 heteroatoms. The zero-order chi connectivity index (χ0) is 18.7.